The van der Waals surface area contributed by atoms with Gasteiger partial charge in [0.15, 0.2) is 0 Å². The molecule has 3 aromatic carbocycles. The Morgan fingerprint density at radius 1 is 0.953 bits per heavy atom. The molecule has 0 aliphatic carbocycles. The summed E-state index contributed by atoms with van der Waals surface area (Å²) in [5.74, 6) is -0.530. The quantitative estimate of drug-likeness (QED) is 0.198. The second kappa shape index (κ2) is 15.7. The highest BCUT2D eigenvalue weighted by molar-refractivity contribution is 7.98. The Morgan fingerprint density at radius 2 is 1.58 bits per heavy atom. The number of hydrogen-bond donors (Lipinski definition) is 1. The summed E-state index contributed by atoms with van der Waals surface area (Å²) in [6.07, 6.45) is 1.89. The minimum absolute atomic E-state index is 0.00725. The molecule has 43 heavy (non-hydrogen) atoms. The lowest BCUT2D eigenvalue weighted by atomic mass is 10.1. The predicted molar refractivity (Wildman–Crippen MR) is 175 cm³/mol. The fraction of sp³-hybridized carbons (Fsp3) is 0.355. The highest BCUT2D eigenvalue weighted by Crippen LogP contribution is 2.34. The van der Waals surface area contributed by atoms with Gasteiger partial charge in [-0.05, 0) is 74.6 Å². The van der Waals surface area contributed by atoms with Gasteiger partial charge in [-0.2, -0.15) is 0 Å². The van der Waals surface area contributed by atoms with Crippen LogP contribution in [0.25, 0.3) is 0 Å². The number of amides is 2. The summed E-state index contributed by atoms with van der Waals surface area (Å²) < 4.78 is 35.1. The molecule has 0 heterocycles. The fourth-order valence-electron chi connectivity index (χ4n) is 4.22. The Balaban J connectivity index is 2.11. The third-order valence-electron chi connectivity index (χ3n) is 6.60. The Labute approximate surface area is 268 Å². The number of anilines is 1. The van der Waals surface area contributed by atoms with Gasteiger partial charge in [-0.25, -0.2) is 8.42 Å². The highest BCUT2D eigenvalue weighted by atomic mass is 35.5. The van der Waals surface area contributed by atoms with E-state index in [1.807, 2.05) is 20.1 Å². The normalized spacial score (nSPS) is 12.1. The van der Waals surface area contributed by atoms with Gasteiger partial charge in [-0.3, -0.25) is 13.9 Å². The Hall–Kier alpha value is -2.92. The van der Waals surface area contributed by atoms with E-state index in [-0.39, 0.29) is 35.6 Å². The number of ether oxygens (including phenoxy) is 1. The number of nitrogens with one attached hydrogen (secondary N) is 1. The van der Waals surface area contributed by atoms with Crippen LogP contribution < -0.4 is 14.4 Å². The molecule has 0 aromatic heterocycles. The van der Waals surface area contributed by atoms with Crippen molar-refractivity contribution in [1.82, 2.24) is 10.2 Å². The molecule has 12 heteroatoms. The monoisotopic (exact) mass is 665 g/mol. The number of nitrogens with zero attached hydrogens (tertiary/aromatic N) is 2. The van der Waals surface area contributed by atoms with Crippen LogP contribution in [0.2, 0.25) is 10.0 Å². The van der Waals surface area contributed by atoms with Gasteiger partial charge in [0.2, 0.25) is 11.8 Å². The summed E-state index contributed by atoms with van der Waals surface area (Å²) in [6.45, 7) is 7.26. The lowest BCUT2D eigenvalue weighted by Crippen LogP contribution is -2.51. The fourth-order valence-corrected chi connectivity index (χ4v) is 6.57. The molecule has 1 atom stereocenters. The van der Waals surface area contributed by atoms with E-state index in [2.05, 4.69) is 5.32 Å². The van der Waals surface area contributed by atoms with Crippen molar-refractivity contribution in [3.63, 3.8) is 0 Å². The SMILES string of the molecule is CCOc1ccccc1N(CC(=O)N(Cc1c(Cl)cccc1Cl)[C@H](C)C(=O)NCC(C)C)S(=O)(=O)c1ccc(SC)cc1. The molecule has 0 saturated heterocycles. The van der Waals surface area contributed by atoms with Gasteiger partial charge in [0.05, 0.1) is 17.2 Å². The number of hydrogen-bond acceptors (Lipinski definition) is 6. The first-order valence-corrected chi connectivity index (χ1v) is 17.2. The number of halogens is 2. The molecule has 0 unspecified atom stereocenters. The average Bonchev–Trinajstić information content (AvgIpc) is 2.98. The van der Waals surface area contributed by atoms with Crippen molar-refractivity contribution < 1.29 is 22.7 Å². The van der Waals surface area contributed by atoms with Gasteiger partial charge in [0.25, 0.3) is 10.0 Å². The van der Waals surface area contributed by atoms with Gasteiger partial charge in [-0.1, -0.05) is 55.2 Å². The molecule has 1 N–H and O–H groups in total. The Bertz CT molecular complexity index is 1500. The molecule has 0 aliphatic heterocycles. The van der Waals surface area contributed by atoms with Gasteiger partial charge < -0.3 is 15.0 Å². The number of carbonyl (C=O) groups excluding carboxylic acids is 2. The zero-order chi connectivity index (χ0) is 31.7. The summed E-state index contributed by atoms with van der Waals surface area (Å²) in [7, 11) is -4.26. The highest BCUT2D eigenvalue weighted by Gasteiger charge is 2.34. The zero-order valence-corrected chi connectivity index (χ0v) is 28.0. The first-order valence-electron chi connectivity index (χ1n) is 13.8. The lowest BCUT2D eigenvalue weighted by Gasteiger charge is -2.33. The largest absolute Gasteiger partial charge is 0.492 e. The molecule has 0 bridgehead atoms. The summed E-state index contributed by atoms with van der Waals surface area (Å²) in [5, 5.41) is 3.50. The van der Waals surface area contributed by atoms with Crippen LogP contribution in [0.1, 0.15) is 33.3 Å². The molecule has 0 aliphatic rings. The van der Waals surface area contributed by atoms with Gasteiger partial charge >= 0.3 is 0 Å². The van der Waals surface area contributed by atoms with E-state index >= 15 is 0 Å². The maximum atomic E-state index is 14.2. The van der Waals surface area contributed by atoms with E-state index in [9.17, 15) is 18.0 Å². The first-order chi connectivity index (χ1) is 20.4. The van der Waals surface area contributed by atoms with E-state index in [1.54, 1.807) is 68.4 Å². The third-order valence-corrected chi connectivity index (χ3v) is 9.83. The molecule has 3 aromatic rings. The van der Waals surface area contributed by atoms with Crippen LogP contribution in [0.5, 0.6) is 5.75 Å². The maximum Gasteiger partial charge on any atom is 0.264 e. The van der Waals surface area contributed by atoms with Crippen molar-refractivity contribution in [1.29, 1.82) is 0 Å². The molecule has 232 valence electrons. The lowest BCUT2D eigenvalue weighted by molar-refractivity contribution is -0.139. The van der Waals surface area contributed by atoms with Crippen LogP contribution in [0, 0.1) is 5.92 Å². The minimum atomic E-state index is -4.26. The van der Waals surface area contributed by atoms with Crippen LogP contribution in [0.3, 0.4) is 0 Å². The van der Waals surface area contributed by atoms with Crippen molar-refractivity contribution in [2.45, 2.75) is 50.1 Å². The van der Waals surface area contributed by atoms with E-state index in [1.165, 1.54) is 28.8 Å². The van der Waals surface area contributed by atoms with E-state index in [0.29, 0.717) is 27.9 Å². The van der Waals surface area contributed by atoms with Crippen molar-refractivity contribution in [2.75, 3.05) is 30.3 Å². The van der Waals surface area contributed by atoms with Crippen LogP contribution in [-0.2, 0) is 26.2 Å². The second-order valence-corrected chi connectivity index (χ2v) is 13.7. The molecule has 0 fully saturated rings. The minimum Gasteiger partial charge on any atom is -0.492 e. The molecule has 0 saturated carbocycles. The summed E-state index contributed by atoms with van der Waals surface area (Å²) >= 11 is 14.4. The van der Waals surface area contributed by atoms with Crippen LogP contribution in [0.4, 0.5) is 5.69 Å². The number of para-hydroxylation sites is 2. The van der Waals surface area contributed by atoms with Gasteiger partial charge in [0.1, 0.15) is 18.3 Å². The Morgan fingerprint density at radius 3 is 2.16 bits per heavy atom. The number of carbonyl (C=O) groups is 2. The van der Waals surface area contributed by atoms with Crippen LogP contribution in [0.15, 0.2) is 76.5 Å². The maximum absolute atomic E-state index is 14.2. The predicted octanol–water partition coefficient (Wildman–Crippen LogP) is 6.50. The average molecular weight is 667 g/mol. The van der Waals surface area contributed by atoms with E-state index in [4.69, 9.17) is 27.9 Å². The van der Waals surface area contributed by atoms with Crippen LogP contribution >= 0.6 is 35.0 Å². The summed E-state index contributed by atoms with van der Waals surface area (Å²) in [5.41, 5.74) is 0.638. The Kier molecular flexibility index (Phi) is 12.6. The van der Waals surface area contributed by atoms with E-state index < -0.39 is 28.5 Å². The molecular weight excluding hydrogens is 629 g/mol. The molecule has 3 rings (SSSR count). The summed E-state index contributed by atoms with van der Waals surface area (Å²) in [6, 6.07) is 17.0. The van der Waals surface area contributed by atoms with Crippen molar-refractivity contribution >= 4 is 62.5 Å². The third kappa shape index (κ3) is 8.81. The van der Waals surface area contributed by atoms with Crippen molar-refractivity contribution in [3.05, 3.63) is 82.3 Å². The van der Waals surface area contributed by atoms with Crippen molar-refractivity contribution in [2.24, 2.45) is 5.92 Å². The zero-order valence-electron chi connectivity index (χ0n) is 24.8. The number of rotatable bonds is 14. The van der Waals surface area contributed by atoms with E-state index in [0.717, 1.165) is 9.20 Å². The first kappa shape index (κ1) is 34.6. The number of benzene rings is 3. The summed E-state index contributed by atoms with van der Waals surface area (Å²) in [4.78, 5) is 29.6. The number of thioether (sulfide) groups is 1. The molecule has 2 amide bonds. The topological polar surface area (TPSA) is 96.0 Å². The number of sulfonamides is 1. The smallest absolute Gasteiger partial charge is 0.264 e. The molecule has 0 spiro atoms. The molecule has 8 nitrogen and oxygen atoms in total. The van der Waals surface area contributed by atoms with Gasteiger partial charge in [-0.15, -0.1) is 11.8 Å². The van der Waals surface area contributed by atoms with Crippen LogP contribution in [-0.4, -0.2) is 57.1 Å². The van der Waals surface area contributed by atoms with Gasteiger partial charge in [0, 0.05) is 33.6 Å². The van der Waals surface area contributed by atoms with Crippen molar-refractivity contribution in [3.8, 4) is 5.75 Å². The molecular formula is C31H37Cl2N3O5S2. The standard InChI is InChI=1S/C31H37Cl2N3O5S2/c1-6-41-29-13-8-7-12-28(29)36(43(39,40)24-16-14-23(42-5)15-17-24)20-30(37)35(22(4)31(38)34-18-21(2)3)19-25-26(32)10-9-11-27(25)33/h7-17,21-22H,6,18-20H2,1-5H3,(H,34,38)/t22-/m1/s1. The second-order valence-electron chi connectivity index (χ2n) is 10.1. The molecule has 0 radical (unpaired) electrons.